The van der Waals surface area contributed by atoms with Crippen LogP contribution in [-0.2, 0) is 0 Å². The van der Waals surface area contributed by atoms with Crippen molar-refractivity contribution in [3.8, 4) is 5.75 Å². The van der Waals surface area contributed by atoms with Gasteiger partial charge in [0.15, 0.2) is 6.61 Å². The highest BCUT2D eigenvalue weighted by atomic mass is 19.4. The standard InChI is InChI=1S/C15H21F3N2O3/c1-10(2)6-12(8-21)20-14(22)19-11-4-3-5-13(7-11)23-9-15(16,17)18/h3-5,7,10,12,21H,6,8-9H2,1-2H3,(H2,19,20,22). The zero-order valence-corrected chi connectivity index (χ0v) is 13.0. The highest BCUT2D eigenvalue weighted by Gasteiger charge is 2.28. The van der Waals surface area contributed by atoms with E-state index in [1.165, 1.54) is 24.3 Å². The lowest BCUT2D eigenvalue weighted by atomic mass is 10.0. The quantitative estimate of drug-likeness (QED) is 0.717. The number of nitrogens with one attached hydrogen (secondary N) is 2. The van der Waals surface area contributed by atoms with E-state index in [1.807, 2.05) is 13.8 Å². The lowest BCUT2D eigenvalue weighted by Crippen LogP contribution is -2.40. The molecule has 1 aromatic rings. The number of hydrogen-bond acceptors (Lipinski definition) is 3. The van der Waals surface area contributed by atoms with Crippen molar-refractivity contribution in [2.75, 3.05) is 18.5 Å². The van der Waals surface area contributed by atoms with Crippen molar-refractivity contribution in [3.05, 3.63) is 24.3 Å². The maximum absolute atomic E-state index is 12.1. The Kier molecular flexibility index (Phi) is 7.15. The number of anilines is 1. The van der Waals surface area contributed by atoms with E-state index in [0.29, 0.717) is 18.0 Å². The summed E-state index contributed by atoms with van der Waals surface area (Å²) in [4.78, 5) is 11.8. The molecule has 0 bridgehead atoms. The number of ether oxygens (including phenoxy) is 1. The van der Waals surface area contributed by atoms with E-state index in [0.717, 1.165) is 0 Å². The van der Waals surface area contributed by atoms with Crippen LogP contribution >= 0.6 is 0 Å². The molecule has 1 unspecified atom stereocenters. The second-order valence-corrected chi connectivity index (χ2v) is 5.54. The number of carbonyl (C=O) groups is 1. The molecular weight excluding hydrogens is 313 g/mol. The number of alkyl halides is 3. The zero-order chi connectivity index (χ0) is 17.5. The molecule has 130 valence electrons. The molecule has 0 aliphatic heterocycles. The number of urea groups is 1. The normalized spacial score (nSPS) is 12.8. The van der Waals surface area contributed by atoms with Crippen molar-refractivity contribution in [2.45, 2.75) is 32.5 Å². The number of aliphatic hydroxyl groups is 1. The second-order valence-electron chi connectivity index (χ2n) is 5.54. The molecule has 2 amide bonds. The van der Waals surface area contributed by atoms with Gasteiger partial charge in [0, 0.05) is 11.8 Å². The molecule has 5 nitrogen and oxygen atoms in total. The monoisotopic (exact) mass is 334 g/mol. The molecule has 1 aromatic carbocycles. The summed E-state index contributed by atoms with van der Waals surface area (Å²) in [5, 5.41) is 14.3. The molecule has 0 saturated heterocycles. The number of aliphatic hydroxyl groups excluding tert-OH is 1. The van der Waals surface area contributed by atoms with E-state index in [2.05, 4.69) is 15.4 Å². The largest absolute Gasteiger partial charge is 0.484 e. The Morgan fingerprint density at radius 1 is 1.35 bits per heavy atom. The fourth-order valence-electron chi connectivity index (χ4n) is 1.93. The molecule has 23 heavy (non-hydrogen) atoms. The number of hydrogen-bond donors (Lipinski definition) is 3. The molecule has 1 rings (SSSR count). The van der Waals surface area contributed by atoms with Crippen LogP contribution in [0.3, 0.4) is 0 Å². The van der Waals surface area contributed by atoms with Gasteiger partial charge in [0.05, 0.1) is 12.6 Å². The fraction of sp³-hybridized carbons (Fsp3) is 0.533. The Bertz CT molecular complexity index is 507. The van der Waals surface area contributed by atoms with Gasteiger partial charge in [-0.25, -0.2) is 4.79 Å². The molecule has 8 heteroatoms. The Balaban J connectivity index is 2.57. The molecule has 0 heterocycles. The Labute approximate surface area is 132 Å². The van der Waals surface area contributed by atoms with Crippen LogP contribution in [0.1, 0.15) is 20.3 Å². The van der Waals surface area contributed by atoms with Crippen LogP contribution in [0, 0.1) is 5.92 Å². The van der Waals surface area contributed by atoms with Gasteiger partial charge in [-0.1, -0.05) is 19.9 Å². The first-order chi connectivity index (χ1) is 10.7. The van der Waals surface area contributed by atoms with Crippen molar-refractivity contribution in [1.29, 1.82) is 0 Å². The van der Waals surface area contributed by atoms with Crippen LogP contribution in [0.2, 0.25) is 0 Å². The highest BCUT2D eigenvalue weighted by Crippen LogP contribution is 2.21. The summed E-state index contributed by atoms with van der Waals surface area (Å²) in [6, 6.07) is 4.72. The smallest absolute Gasteiger partial charge is 0.422 e. The molecule has 1 atom stereocenters. The number of amides is 2. The topological polar surface area (TPSA) is 70.6 Å². The van der Waals surface area contributed by atoms with E-state index < -0.39 is 18.8 Å². The maximum atomic E-state index is 12.1. The van der Waals surface area contributed by atoms with Crippen LogP contribution in [0.4, 0.5) is 23.7 Å². The van der Waals surface area contributed by atoms with Crippen LogP contribution in [-0.4, -0.2) is 36.6 Å². The fourth-order valence-corrected chi connectivity index (χ4v) is 1.93. The van der Waals surface area contributed by atoms with Crippen molar-refractivity contribution in [2.24, 2.45) is 5.92 Å². The van der Waals surface area contributed by atoms with Crippen molar-refractivity contribution < 1.29 is 27.8 Å². The summed E-state index contributed by atoms with van der Waals surface area (Å²) in [6.07, 6.45) is -3.81. The lowest BCUT2D eigenvalue weighted by molar-refractivity contribution is -0.153. The Morgan fingerprint density at radius 2 is 2.04 bits per heavy atom. The first-order valence-corrected chi connectivity index (χ1v) is 7.17. The number of carbonyl (C=O) groups excluding carboxylic acids is 1. The van der Waals surface area contributed by atoms with Crippen LogP contribution < -0.4 is 15.4 Å². The van der Waals surface area contributed by atoms with Gasteiger partial charge in [0.2, 0.25) is 0 Å². The van der Waals surface area contributed by atoms with Crippen LogP contribution in [0.25, 0.3) is 0 Å². The van der Waals surface area contributed by atoms with E-state index in [9.17, 15) is 23.1 Å². The van der Waals surface area contributed by atoms with Gasteiger partial charge in [-0.15, -0.1) is 0 Å². The van der Waals surface area contributed by atoms with Crippen molar-refractivity contribution in [1.82, 2.24) is 5.32 Å². The summed E-state index contributed by atoms with van der Waals surface area (Å²) in [5.41, 5.74) is 0.295. The maximum Gasteiger partial charge on any atom is 0.422 e. The lowest BCUT2D eigenvalue weighted by Gasteiger charge is -2.18. The predicted molar refractivity (Wildman–Crippen MR) is 80.5 cm³/mol. The zero-order valence-electron chi connectivity index (χ0n) is 13.0. The van der Waals surface area contributed by atoms with E-state index in [1.54, 1.807) is 0 Å². The first-order valence-electron chi connectivity index (χ1n) is 7.17. The van der Waals surface area contributed by atoms with Crippen LogP contribution in [0.5, 0.6) is 5.75 Å². The third-order valence-electron chi connectivity index (χ3n) is 2.81. The van der Waals surface area contributed by atoms with Gasteiger partial charge in [0.25, 0.3) is 0 Å². The van der Waals surface area contributed by atoms with E-state index >= 15 is 0 Å². The molecule has 0 aliphatic rings. The molecule has 3 N–H and O–H groups in total. The molecule has 0 saturated carbocycles. The van der Waals surface area contributed by atoms with Crippen molar-refractivity contribution in [3.63, 3.8) is 0 Å². The SMILES string of the molecule is CC(C)CC(CO)NC(=O)Nc1cccc(OCC(F)(F)F)c1. The molecular formula is C15H21F3N2O3. The molecule has 0 fully saturated rings. The minimum Gasteiger partial charge on any atom is -0.484 e. The van der Waals surface area contributed by atoms with Gasteiger partial charge in [-0.05, 0) is 24.5 Å². The Morgan fingerprint density at radius 3 is 2.61 bits per heavy atom. The van der Waals surface area contributed by atoms with Gasteiger partial charge >= 0.3 is 12.2 Å². The predicted octanol–water partition coefficient (Wildman–Crippen LogP) is 3.16. The summed E-state index contributed by atoms with van der Waals surface area (Å²) in [7, 11) is 0. The van der Waals surface area contributed by atoms with Gasteiger partial charge in [0.1, 0.15) is 5.75 Å². The number of benzene rings is 1. The van der Waals surface area contributed by atoms with Crippen LogP contribution in [0.15, 0.2) is 24.3 Å². The third kappa shape index (κ3) is 8.29. The summed E-state index contributed by atoms with van der Waals surface area (Å²) in [5.74, 6) is 0.299. The number of rotatable bonds is 7. The van der Waals surface area contributed by atoms with Crippen molar-refractivity contribution >= 4 is 11.7 Å². The van der Waals surface area contributed by atoms with Gasteiger partial charge in [-0.3, -0.25) is 0 Å². The minimum absolute atomic E-state index is 0.000939. The first kappa shape index (κ1) is 19.1. The average molecular weight is 334 g/mol. The molecule has 0 aromatic heterocycles. The van der Waals surface area contributed by atoms with Gasteiger partial charge in [-0.2, -0.15) is 13.2 Å². The summed E-state index contributed by atoms with van der Waals surface area (Å²) < 4.78 is 40.9. The summed E-state index contributed by atoms with van der Waals surface area (Å²) in [6.45, 7) is 2.33. The van der Waals surface area contributed by atoms with E-state index in [-0.39, 0.29) is 18.4 Å². The second kappa shape index (κ2) is 8.61. The van der Waals surface area contributed by atoms with Gasteiger partial charge < -0.3 is 20.5 Å². The minimum atomic E-state index is -4.42. The highest BCUT2D eigenvalue weighted by molar-refractivity contribution is 5.89. The molecule has 0 aliphatic carbocycles. The number of halogens is 3. The summed E-state index contributed by atoms with van der Waals surface area (Å²) >= 11 is 0. The molecule has 0 radical (unpaired) electrons. The van der Waals surface area contributed by atoms with E-state index in [4.69, 9.17) is 0 Å². The Hall–Kier alpha value is -1.96. The average Bonchev–Trinajstić information content (AvgIpc) is 2.43. The molecule has 0 spiro atoms. The third-order valence-corrected chi connectivity index (χ3v) is 2.81.